The van der Waals surface area contributed by atoms with E-state index in [9.17, 15) is 0 Å². The molecule has 2 N–H and O–H groups in total. The SMILES string of the molecule is CNC1CCCC(CNc2cc(C)cc(C)c2)C1. The molecule has 0 amide bonds. The Morgan fingerprint density at radius 3 is 2.50 bits per heavy atom. The fourth-order valence-electron chi connectivity index (χ4n) is 3.08. The summed E-state index contributed by atoms with van der Waals surface area (Å²) in [5.41, 5.74) is 3.96. The summed E-state index contributed by atoms with van der Waals surface area (Å²) >= 11 is 0. The van der Waals surface area contributed by atoms with Crippen LogP contribution in [0.5, 0.6) is 0 Å². The van der Waals surface area contributed by atoms with Crippen molar-refractivity contribution in [1.29, 1.82) is 0 Å². The first-order valence-electron chi connectivity index (χ1n) is 7.17. The van der Waals surface area contributed by atoms with Gasteiger partial charge in [0.2, 0.25) is 0 Å². The zero-order valence-electron chi connectivity index (χ0n) is 11.9. The maximum Gasteiger partial charge on any atom is 0.0345 e. The first-order valence-corrected chi connectivity index (χ1v) is 7.17. The van der Waals surface area contributed by atoms with Gasteiger partial charge in [-0.2, -0.15) is 0 Å². The molecular formula is C16H26N2. The summed E-state index contributed by atoms with van der Waals surface area (Å²) in [6.45, 7) is 5.44. The molecule has 2 unspecified atom stereocenters. The second-order valence-electron chi connectivity index (χ2n) is 5.78. The maximum absolute atomic E-state index is 3.61. The lowest BCUT2D eigenvalue weighted by atomic mass is 9.85. The molecule has 2 rings (SSSR count). The highest BCUT2D eigenvalue weighted by Crippen LogP contribution is 2.25. The Hall–Kier alpha value is -1.02. The van der Waals surface area contributed by atoms with Crippen molar-refractivity contribution in [2.24, 2.45) is 5.92 Å². The number of rotatable bonds is 4. The predicted molar refractivity (Wildman–Crippen MR) is 79.2 cm³/mol. The third kappa shape index (κ3) is 3.74. The van der Waals surface area contributed by atoms with Gasteiger partial charge in [-0.25, -0.2) is 0 Å². The van der Waals surface area contributed by atoms with Gasteiger partial charge in [0.25, 0.3) is 0 Å². The van der Waals surface area contributed by atoms with Crippen LogP contribution in [0, 0.1) is 19.8 Å². The standard InChI is InChI=1S/C16H26N2/c1-12-7-13(2)9-16(8-12)18-11-14-5-4-6-15(10-14)17-3/h7-9,14-15,17-18H,4-6,10-11H2,1-3H3. The summed E-state index contributed by atoms with van der Waals surface area (Å²) in [4.78, 5) is 0. The molecule has 1 saturated carbocycles. The lowest BCUT2D eigenvalue weighted by molar-refractivity contribution is 0.306. The fourth-order valence-corrected chi connectivity index (χ4v) is 3.08. The van der Waals surface area contributed by atoms with Crippen LogP contribution in [0.1, 0.15) is 36.8 Å². The molecule has 0 spiro atoms. The van der Waals surface area contributed by atoms with Gasteiger partial charge in [0.15, 0.2) is 0 Å². The summed E-state index contributed by atoms with van der Waals surface area (Å²) in [6, 6.07) is 7.43. The Bertz CT molecular complexity index is 366. The van der Waals surface area contributed by atoms with Gasteiger partial charge in [-0.3, -0.25) is 0 Å². The van der Waals surface area contributed by atoms with Gasteiger partial charge >= 0.3 is 0 Å². The van der Waals surface area contributed by atoms with Crippen LogP contribution in [0.25, 0.3) is 0 Å². The van der Waals surface area contributed by atoms with Crippen LogP contribution in [0.2, 0.25) is 0 Å². The lowest BCUT2D eigenvalue weighted by Gasteiger charge is -2.29. The minimum absolute atomic E-state index is 0.727. The zero-order chi connectivity index (χ0) is 13.0. The summed E-state index contributed by atoms with van der Waals surface area (Å²) in [6.07, 6.45) is 5.39. The number of aryl methyl sites for hydroxylation is 2. The molecule has 0 saturated heterocycles. The molecule has 2 heteroatoms. The number of hydrogen-bond donors (Lipinski definition) is 2. The van der Waals surface area contributed by atoms with Crippen LogP contribution in [0.15, 0.2) is 18.2 Å². The fraction of sp³-hybridized carbons (Fsp3) is 0.625. The van der Waals surface area contributed by atoms with E-state index in [1.807, 2.05) is 0 Å². The Morgan fingerprint density at radius 2 is 1.83 bits per heavy atom. The normalized spacial score (nSPS) is 23.9. The monoisotopic (exact) mass is 246 g/mol. The van der Waals surface area contributed by atoms with Crippen molar-refractivity contribution in [3.8, 4) is 0 Å². The minimum Gasteiger partial charge on any atom is -0.385 e. The molecule has 0 radical (unpaired) electrons. The van der Waals surface area contributed by atoms with Crippen molar-refractivity contribution >= 4 is 5.69 Å². The highest BCUT2D eigenvalue weighted by molar-refractivity contribution is 5.48. The van der Waals surface area contributed by atoms with E-state index in [4.69, 9.17) is 0 Å². The molecule has 1 aliphatic carbocycles. The topological polar surface area (TPSA) is 24.1 Å². The molecular weight excluding hydrogens is 220 g/mol. The summed E-state index contributed by atoms with van der Waals surface area (Å²) in [5.74, 6) is 0.817. The van der Waals surface area contributed by atoms with Crippen LogP contribution in [-0.2, 0) is 0 Å². The largest absolute Gasteiger partial charge is 0.385 e. The molecule has 2 nitrogen and oxygen atoms in total. The van der Waals surface area contributed by atoms with E-state index < -0.39 is 0 Å². The van der Waals surface area contributed by atoms with Gasteiger partial charge in [-0.05, 0) is 69.3 Å². The Balaban J connectivity index is 1.87. The van der Waals surface area contributed by atoms with E-state index in [0.29, 0.717) is 0 Å². The predicted octanol–water partition coefficient (Wildman–Crippen LogP) is 3.49. The summed E-state index contributed by atoms with van der Waals surface area (Å²) < 4.78 is 0. The van der Waals surface area contributed by atoms with Crippen molar-refractivity contribution < 1.29 is 0 Å². The Morgan fingerprint density at radius 1 is 1.11 bits per heavy atom. The van der Waals surface area contributed by atoms with Crippen molar-refractivity contribution in [3.63, 3.8) is 0 Å². The molecule has 1 aliphatic rings. The molecule has 1 fully saturated rings. The van der Waals surface area contributed by atoms with Crippen molar-refractivity contribution in [2.45, 2.75) is 45.6 Å². The molecule has 0 bridgehead atoms. The van der Waals surface area contributed by atoms with Crippen molar-refractivity contribution in [3.05, 3.63) is 29.3 Å². The van der Waals surface area contributed by atoms with Crippen LogP contribution in [0.3, 0.4) is 0 Å². The molecule has 1 aromatic carbocycles. The molecule has 0 aromatic heterocycles. The second-order valence-corrected chi connectivity index (χ2v) is 5.78. The average Bonchev–Trinajstić information content (AvgIpc) is 2.35. The van der Waals surface area contributed by atoms with Gasteiger partial charge in [0.05, 0.1) is 0 Å². The highest BCUT2D eigenvalue weighted by Gasteiger charge is 2.20. The van der Waals surface area contributed by atoms with E-state index >= 15 is 0 Å². The zero-order valence-corrected chi connectivity index (χ0v) is 11.9. The highest BCUT2D eigenvalue weighted by atomic mass is 14.9. The Kier molecular flexibility index (Phi) is 4.65. The number of anilines is 1. The second kappa shape index (κ2) is 6.24. The first kappa shape index (κ1) is 13.4. The molecule has 0 heterocycles. The van der Waals surface area contributed by atoms with Gasteiger partial charge in [-0.1, -0.05) is 12.5 Å². The quantitative estimate of drug-likeness (QED) is 0.849. The minimum atomic E-state index is 0.727. The lowest BCUT2D eigenvalue weighted by Crippen LogP contribution is -2.33. The smallest absolute Gasteiger partial charge is 0.0345 e. The number of hydrogen-bond acceptors (Lipinski definition) is 2. The number of nitrogens with one attached hydrogen (secondary N) is 2. The summed E-state index contributed by atoms with van der Waals surface area (Å²) in [5, 5.41) is 7.04. The van der Waals surface area contributed by atoms with E-state index in [-0.39, 0.29) is 0 Å². The number of benzene rings is 1. The summed E-state index contributed by atoms with van der Waals surface area (Å²) in [7, 11) is 2.09. The van der Waals surface area contributed by atoms with Gasteiger partial charge in [0.1, 0.15) is 0 Å². The Labute approximate surface area is 111 Å². The van der Waals surface area contributed by atoms with Crippen molar-refractivity contribution in [2.75, 3.05) is 18.9 Å². The molecule has 0 aliphatic heterocycles. The third-order valence-corrected chi connectivity index (χ3v) is 4.01. The molecule has 100 valence electrons. The molecule has 2 atom stereocenters. The van der Waals surface area contributed by atoms with Crippen LogP contribution in [0.4, 0.5) is 5.69 Å². The van der Waals surface area contributed by atoms with Crippen LogP contribution >= 0.6 is 0 Å². The van der Waals surface area contributed by atoms with Gasteiger partial charge < -0.3 is 10.6 Å². The maximum atomic E-state index is 3.61. The first-order chi connectivity index (χ1) is 8.67. The molecule has 18 heavy (non-hydrogen) atoms. The van der Waals surface area contributed by atoms with Crippen LogP contribution in [-0.4, -0.2) is 19.6 Å². The van der Waals surface area contributed by atoms with Gasteiger partial charge in [0, 0.05) is 18.3 Å². The van der Waals surface area contributed by atoms with E-state index in [0.717, 1.165) is 18.5 Å². The van der Waals surface area contributed by atoms with E-state index in [2.05, 4.69) is 49.7 Å². The third-order valence-electron chi connectivity index (χ3n) is 4.01. The molecule has 1 aromatic rings. The van der Waals surface area contributed by atoms with E-state index in [1.54, 1.807) is 0 Å². The van der Waals surface area contributed by atoms with Crippen LogP contribution < -0.4 is 10.6 Å². The van der Waals surface area contributed by atoms with Crippen molar-refractivity contribution in [1.82, 2.24) is 5.32 Å². The van der Waals surface area contributed by atoms with Gasteiger partial charge in [-0.15, -0.1) is 0 Å². The average molecular weight is 246 g/mol. The van der Waals surface area contributed by atoms with E-state index in [1.165, 1.54) is 42.5 Å².